The van der Waals surface area contributed by atoms with E-state index in [4.69, 9.17) is 0 Å². The molecule has 0 bridgehead atoms. The number of alkyl halides is 3. The summed E-state index contributed by atoms with van der Waals surface area (Å²) in [6.07, 6.45) is -5.44. The van der Waals surface area contributed by atoms with Crippen LogP contribution in [0, 0.1) is 0 Å². The van der Waals surface area contributed by atoms with E-state index < -0.39 is 18.0 Å². The molecular weight excluding hydrogens is 281 g/mol. The molecule has 0 unspecified atom stereocenters. The average Bonchev–Trinajstić information content (AvgIpc) is 2.78. The van der Waals surface area contributed by atoms with Gasteiger partial charge >= 0.3 is 12.3 Å². The van der Waals surface area contributed by atoms with Crippen LogP contribution in [0.3, 0.4) is 0 Å². The molecule has 8 heteroatoms. The van der Waals surface area contributed by atoms with Gasteiger partial charge in [-0.15, -0.1) is 0 Å². The molecule has 1 amide bonds. The van der Waals surface area contributed by atoms with Crippen molar-refractivity contribution < 1.29 is 22.7 Å². The number of carbonyl (C=O) groups is 1. The lowest BCUT2D eigenvalue weighted by molar-refractivity contribution is -0.140. The largest absolute Gasteiger partial charge is 0.434 e. The molecule has 2 aromatic rings. The van der Waals surface area contributed by atoms with Crippen molar-refractivity contribution in [2.75, 3.05) is 5.32 Å². The molecule has 1 N–H and O–H groups in total. The minimum atomic E-state index is -4.55. The maximum Gasteiger partial charge on any atom is 0.434 e. The number of nitrogens with one attached hydrogen (secondary N) is 1. The van der Waals surface area contributed by atoms with Gasteiger partial charge in [0.05, 0.1) is 0 Å². The number of benzene rings is 1. The first-order chi connectivity index (χ1) is 8.95. The molecule has 100 valence electrons. The highest BCUT2D eigenvalue weighted by molar-refractivity contribution is 7.11. The number of carbonyl (C=O) groups excluding carboxylic acids is 1. The second-order valence-corrected chi connectivity index (χ2v) is 4.20. The van der Waals surface area contributed by atoms with Crippen LogP contribution >= 0.6 is 11.3 Å². The van der Waals surface area contributed by atoms with E-state index in [9.17, 15) is 18.0 Å². The highest BCUT2D eigenvalue weighted by Crippen LogP contribution is 2.32. The lowest BCUT2D eigenvalue weighted by Crippen LogP contribution is -2.16. The van der Waals surface area contributed by atoms with Gasteiger partial charge in [0.2, 0.25) is 0 Å². The Balaban J connectivity index is 1.98. The molecular formula is C11H7F3N2O2S. The molecule has 0 spiro atoms. The molecule has 0 fully saturated rings. The molecule has 4 nitrogen and oxygen atoms in total. The van der Waals surface area contributed by atoms with Crippen LogP contribution in [0.5, 0.6) is 5.19 Å². The van der Waals surface area contributed by atoms with Gasteiger partial charge in [-0.3, -0.25) is 5.32 Å². The number of hydrogen-bond donors (Lipinski definition) is 1. The third-order valence-corrected chi connectivity index (χ3v) is 2.69. The fourth-order valence-electron chi connectivity index (χ4n) is 1.18. The van der Waals surface area contributed by atoms with Crippen LogP contribution in [0.15, 0.2) is 35.7 Å². The number of hydrogen-bond acceptors (Lipinski definition) is 4. The molecule has 0 aliphatic carbocycles. The van der Waals surface area contributed by atoms with E-state index in [1.807, 2.05) is 0 Å². The van der Waals surface area contributed by atoms with Crippen LogP contribution in [-0.4, -0.2) is 11.1 Å². The predicted octanol–water partition coefficient (Wildman–Crippen LogP) is 3.77. The predicted molar refractivity (Wildman–Crippen MR) is 63.2 cm³/mol. The summed E-state index contributed by atoms with van der Waals surface area (Å²) in [5, 5.41) is 2.79. The summed E-state index contributed by atoms with van der Waals surface area (Å²) in [4.78, 5) is 14.6. The number of ether oxygens (including phenoxy) is 1. The first kappa shape index (κ1) is 13.3. The molecule has 1 aromatic carbocycles. The number of aromatic nitrogens is 1. The molecule has 0 saturated carbocycles. The lowest BCUT2D eigenvalue weighted by Gasteiger charge is -2.03. The van der Waals surface area contributed by atoms with Crippen LogP contribution < -0.4 is 10.1 Å². The van der Waals surface area contributed by atoms with Crippen molar-refractivity contribution in [1.29, 1.82) is 0 Å². The summed E-state index contributed by atoms with van der Waals surface area (Å²) in [6.45, 7) is 0. The third kappa shape index (κ3) is 3.68. The number of nitrogens with zero attached hydrogens (tertiary/aromatic N) is 1. The Bertz CT molecular complexity index is 569. The average molecular weight is 288 g/mol. The Morgan fingerprint density at radius 1 is 1.26 bits per heavy atom. The van der Waals surface area contributed by atoms with E-state index in [1.54, 1.807) is 30.3 Å². The fraction of sp³-hybridized carbons (Fsp3) is 0.0909. The zero-order valence-electron chi connectivity index (χ0n) is 9.27. The Kier molecular flexibility index (Phi) is 3.70. The monoisotopic (exact) mass is 288 g/mol. The molecule has 0 atom stereocenters. The molecule has 1 aromatic heterocycles. The molecule has 19 heavy (non-hydrogen) atoms. The summed E-state index contributed by atoms with van der Waals surface area (Å²) < 4.78 is 41.5. The van der Waals surface area contributed by atoms with Crippen molar-refractivity contribution in [3.05, 3.63) is 41.4 Å². The minimum Gasteiger partial charge on any atom is -0.381 e. The molecule has 0 saturated heterocycles. The van der Waals surface area contributed by atoms with E-state index in [2.05, 4.69) is 15.0 Å². The van der Waals surface area contributed by atoms with Crippen LogP contribution in [0.4, 0.5) is 23.7 Å². The number of thiazole rings is 1. The lowest BCUT2D eigenvalue weighted by atomic mass is 10.3. The maximum atomic E-state index is 12.3. The van der Waals surface area contributed by atoms with E-state index >= 15 is 0 Å². The first-order valence-electron chi connectivity index (χ1n) is 5.02. The summed E-state index contributed by atoms with van der Waals surface area (Å²) in [5.41, 5.74) is -0.611. The van der Waals surface area contributed by atoms with E-state index in [0.29, 0.717) is 17.0 Å². The quantitative estimate of drug-likeness (QED) is 0.915. The standard InChI is InChI=1S/C11H7F3N2O2S/c12-11(13,14)8-6-19-10(16-8)18-9(17)15-7-4-2-1-3-5-7/h1-6H,(H,15,17). The van der Waals surface area contributed by atoms with Gasteiger partial charge in [0.1, 0.15) is 0 Å². The number of halogens is 3. The van der Waals surface area contributed by atoms with Gasteiger partial charge in [-0.1, -0.05) is 29.5 Å². The van der Waals surface area contributed by atoms with Crippen molar-refractivity contribution in [2.24, 2.45) is 0 Å². The molecule has 0 aliphatic rings. The Hall–Kier alpha value is -2.09. The van der Waals surface area contributed by atoms with Crippen molar-refractivity contribution in [3.63, 3.8) is 0 Å². The van der Waals surface area contributed by atoms with Gasteiger partial charge in [-0.05, 0) is 12.1 Å². The van der Waals surface area contributed by atoms with Crippen LogP contribution in [0.2, 0.25) is 0 Å². The summed E-state index contributed by atoms with van der Waals surface area (Å²) in [5.74, 6) is 0. The van der Waals surface area contributed by atoms with E-state index in [-0.39, 0.29) is 5.19 Å². The first-order valence-corrected chi connectivity index (χ1v) is 5.90. The SMILES string of the molecule is O=C(Nc1ccccc1)Oc1nc(C(F)(F)F)cs1. The van der Waals surface area contributed by atoms with Crippen molar-refractivity contribution in [1.82, 2.24) is 4.98 Å². The fourth-order valence-corrected chi connectivity index (χ4v) is 1.85. The Morgan fingerprint density at radius 2 is 1.95 bits per heavy atom. The topological polar surface area (TPSA) is 51.2 Å². The van der Waals surface area contributed by atoms with Crippen molar-refractivity contribution in [2.45, 2.75) is 6.18 Å². The van der Waals surface area contributed by atoms with Gasteiger partial charge in [0.15, 0.2) is 5.69 Å². The van der Waals surface area contributed by atoms with E-state index in [0.717, 1.165) is 5.38 Å². The van der Waals surface area contributed by atoms with Gasteiger partial charge in [0.25, 0.3) is 5.19 Å². The smallest absolute Gasteiger partial charge is 0.381 e. The van der Waals surface area contributed by atoms with Gasteiger partial charge in [-0.25, -0.2) is 4.79 Å². The number of rotatable bonds is 2. The second kappa shape index (κ2) is 5.27. The number of para-hydroxylation sites is 1. The van der Waals surface area contributed by atoms with Crippen molar-refractivity contribution >= 4 is 23.1 Å². The highest BCUT2D eigenvalue weighted by Gasteiger charge is 2.34. The zero-order chi connectivity index (χ0) is 13.9. The minimum absolute atomic E-state index is 0.360. The van der Waals surface area contributed by atoms with Crippen LogP contribution in [-0.2, 0) is 6.18 Å². The van der Waals surface area contributed by atoms with Gasteiger partial charge < -0.3 is 4.74 Å². The summed E-state index contributed by atoms with van der Waals surface area (Å²) in [7, 11) is 0. The summed E-state index contributed by atoms with van der Waals surface area (Å²) >= 11 is 0.601. The summed E-state index contributed by atoms with van der Waals surface area (Å²) in [6, 6.07) is 8.38. The Labute approximate surface area is 109 Å². The maximum absolute atomic E-state index is 12.3. The van der Waals surface area contributed by atoms with E-state index in [1.165, 1.54) is 0 Å². The van der Waals surface area contributed by atoms with Crippen LogP contribution in [0.25, 0.3) is 0 Å². The molecule has 0 radical (unpaired) electrons. The second-order valence-electron chi connectivity index (χ2n) is 3.38. The van der Waals surface area contributed by atoms with Crippen molar-refractivity contribution in [3.8, 4) is 5.19 Å². The van der Waals surface area contributed by atoms with Gasteiger partial charge in [0, 0.05) is 11.1 Å². The number of anilines is 1. The third-order valence-electron chi connectivity index (χ3n) is 1.97. The molecule has 2 rings (SSSR count). The zero-order valence-corrected chi connectivity index (χ0v) is 10.1. The highest BCUT2D eigenvalue weighted by atomic mass is 32.1. The van der Waals surface area contributed by atoms with Crippen LogP contribution in [0.1, 0.15) is 5.69 Å². The Morgan fingerprint density at radius 3 is 2.53 bits per heavy atom. The van der Waals surface area contributed by atoms with Gasteiger partial charge in [-0.2, -0.15) is 18.2 Å². The molecule has 0 aliphatic heterocycles. The number of amides is 1. The normalized spacial score (nSPS) is 11.1. The molecule has 1 heterocycles.